The van der Waals surface area contributed by atoms with Gasteiger partial charge in [-0.2, -0.15) is 5.10 Å². The summed E-state index contributed by atoms with van der Waals surface area (Å²) in [6.07, 6.45) is 3.99. The third-order valence-electron chi connectivity index (χ3n) is 5.32. The van der Waals surface area contributed by atoms with Crippen molar-refractivity contribution in [3.05, 3.63) is 53.9 Å². The van der Waals surface area contributed by atoms with E-state index in [1.54, 1.807) is 0 Å². The Morgan fingerprint density at radius 1 is 1.13 bits per heavy atom. The predicted molar refractivity (Wildman–Crippen MR) is 132 cm³/mol. The number of rotatable bonds is 8. The first-order valence-electron chi connectivity index (χ1n) is 10.5. The van der Waals surface area contributed by atoms with Gasteiger partial charge in [-0.3, -0.25) is 14.6 Å². The van der Waals surface area contributed by atoms with Crippen molar-refractivity contribution in [2.75, 3.05) is 39.9 Å². The number of halogens is 1. The fraction of sp³-hybridized carbons (Fsp3) is 0.545. The fourth-order valence-corrected chi connectivity index (χ4v) is 3.66. The molecule has 0 spiro atoms. The molecule has 0 bridgehead atoms. The third kappa shape index (κ3) is 7.55. The SMILES string of the molecule is CN=C(NCc1cnn(Cc2ccccc2)c1)NCC(C(C)C)N1CCOCC1.I. The van der Waals surface area contributed by atoms with Crippen LogP contribution in [0, 0.1) is 5.92 Å². The lowest BCUT2D eigenvalue weighted by atomic mass is 10.0. The van der Waals surface area contributed by atoms with Crippen LogP contribution in [0.2, 0.25) is 0 Å². The van der Waals surface area contributed by atoms with E-state index in [2.05, 4.69) is 69.9 Å². The molecule has 3 rings (SSSR count). The first-order chi connectivity index (χ1) is 14.2. The van der Waals surface area contributed by atoms with Gasteiger partial charge in [0.15, 0.2) is 5.96 Å². The molecule has 1 aliphatic rings. The van der Waals surface area contributed by atoms with E-state index < -0.39 is 0 Å². The average Bonchev–Trinajstić information content (AvgIpc) is 3.19. The molecule has 7 nitrogen and oxygen atoms in total. The zero-order chi connectivity index (χ0) is 20.5. The minimum absolute atomic E-state index is 0. The van der Waals surface area contributed by atoms with E-state index >= 15 is 0 Å². The maximum Gasteiger partial charge on any atom is 0.191 e. The van der Waals surface area contributed by atoms with Crippen molar-refractivity contribution >= 4 is 29.9 Å². The van der Waals surface area contributed by atoms with Crippen molar-refractivity contribution in [3.8, 4) is 0 Å². The quantitative estimate of drug-likeness (QED) is 0.315. The summed E-state index contributed by atoms with van der Waals surface area (Å²) in [5, 5.41) is 11.4. The monoisotopic (exact) mass is 526 g/mol. The van der Waals surface area contributed by atoms with Gasteiger partial charge in [-0.15, -0.1) is 24.0 Å². The summed E-state index contributed by atoms with van der Waals surface area (Å²) in [6.45, 7) is 10.5. The number of hydrogen-bond acceptors (Lipinski definition) is 4. The van der Waals surface area contributed by atoms with Gasteiger partial charge in [0.1, 0.15) is 0 Å². The number of nitrogens with one attached hydrogen (secondary N) is 2. The molecule has 1 aliphatic heterocycles. The van der Waals surface area contributed by atoms with Crippen LogP contribution in [-0.2, 0) is 17.8 Å². The standard InChI is InChI=1S/C22H34N6O.HI/c1-18(2)21(27-9-11-29-12-10-27)15-25-22(23-3)24-13-20-14-26-28(17-20)16-19-7-5-4-6-8-19;/h4-8,14,17-18,21H,9-13,15-16H2,1-3H3,(H2,23,24,25);1H. The lowest BCUT2D eigenvalue weighted by molar-refractivity contribution is 0.00752. The molecule has 0 saturated carbocycles. The molecule has 1 aromatic heterocycles. The van der Waals surface area contributed by atoms with Crippen LogP contribution in [0.3, 0.4) is 0 Å². The van der Waals surface area contributed by atoms with Crippen LogP contribution in [0.5, 0.6) is 0 Å². The van der Waals surface area contributed by atoms with E-state index in [9.17, 15) is 0 Å². The molecular formula is C22H35IN6O. The second-order valence-corrected chi connectivity index (χ2v) is 7.80. The van der Waals surface area contributed by atoms with Gasteiger partial charge in [-0.05, 0) is 11.5 Å². The first kappa shape index (κ1) is 24.6. The predicted octanol–water partition coefficient (Wildman–Crippen LogP) is 2.57. The van der Waals surface area contributed by atoms with Gasteiger partial charge in [-0.1, -0.05) is 44.2 Å². The minimum atomic E-state index is 0. The Labute approximate surface area is 197 Å². The van der Waals surface area contributed by atoms with Crippen molar-refractivity contribution in [1.29, 1.82) is 0 Å². The molecule has 1 saturated heterocycles. The molecule has 0 amide bonds. The maximum atomic E-state index is 5.50. The highest BCUT2D eigenvalue weighted by molar-refractivity contribution is 14.0. The number of aliphatic imine (C=N–C) groups is 1. The highest BCUT2D eigenvalue weighted by Gasteiger charge is 2.23. The maximum absolute atomic E-state index is 5.50. The smallest absolute Gasteiger partial charge is 0.191 e. The van der Waals surface area contributed by atoms with Crippen molar-refractivity contribution in [2.24, 2.45) is 10.9 Å². The molecule has 30 heavy (non-hydrogen) atoms. The second kappa shape index (κ2) is 12.9. The zero-order valence-electron chi connectivity index (χ0n) is 18.3. The Bertz CT molecular complexity index is 758. The lowest BCUT2D eigenvalue weighted by Gasteiger charge is -2.37. The number of nitrogens with zero attached hydrogens (tertiary/aromatic N) is 4. The molecule has 2 aromatic rings. The van der Waals surface area contributed by atoms with Crippen LogP contribution in [0.1, 0.15) is 25.0 Å². The zero-order valence-corrected chi connectivity index (χ0v) is 20.6. The number of guanidine groups is 1. The number of ether oxygens (including phenoxy) is 1. The fourth-order valence-electron chi connectivity index (χ4n) is 3.66. The van der Waals surface area contributed by atoms with Gasteiger partial charge >= 0.3 is 0 Å². The summed E-state index contributed by atoms with van der Waals surface area (Å²) in [4.78, 5) is 6.89. The first-order valence-corrected chi connectivity index (χ1v) is 10.5. The van der Waals surface area contributed by atoms with Crippen LogP contribution < -0.4 is 10.6 Å². The van der Waals surface area contributed by atoms with Crippen LogP contribution in [-0.4, -0.2) is 66.6 Å². The van der Waals surface area contributed by atoms with Gasteiger partial charge < -0.3 is 15.4 Å². The van der Waals surface area contributed by atoms with Crippen molar-refractivity contribution < 1.29 is 4.74 Å². The summed E-state index contributed by atoms with van der Waals surface area (Å²) in [5.41, 5.74) is 2.38. The number of aromatic nitrogens is 2. The van der Waals surface area contributed by atoms with Crippen molar-refractivity contribution in [2.45, 2.75) is 33.0 Å². The summed E-state index contributed by atoms with van der Waals surface area (Å²) < 4.78 is 7.47. The lowest BCUT2D eigenvalue weighted by Crippen LogP contribution is -2.52. The topological polar surface area (TPSA) is 66.7 Å². The number of morpholine rings is 1. The minimum Gasteiger partial charge on any atom is -0.379 e. The molecule has 2 N–H and O–H groups in total. The van der Waals surface area contributed by atoms with Crippen molar-refractivity contribution in [1.82, 2.24) is 25.3 Å². The van der Waals surface area contributed by atoms with Crippen molar-refractivity contribution in [3.63, 3.8) is 0 Å². The summed E-state index contributed by atoms with van der Waals surface area (Å²) in [5.74, 6) is 1.38. The molecule has 1 fully saturated rings. The van der Waals surface area contributed by atoms with E-state index in [0.29, 0.717) is 18.5 Å². The van der Waals surface area contributed by atoms with E-state index in [0.717, 1.165) is 50.9 Å². The molecule has 0 radical (unpaired) electrons. The van der Waals surface area contributed by atoms with E-state index in [1.165, 1.54) is 5.56 Å². The van der Waals surface area contributed by atoms with Gasteiger partial charge in [0, 0.05) is 51.0 Å². The Kier molecular flexibility index (Phi) is 10.6. The Hall–Kier alpha value is -1.65. The molecule has 1 atom stereocenters. The van der Waals surface area contributed by atoms with E-state index in [-0.39, 0.29) is 24.0 Å². The molecule has 2 heterocycles. The highest BCUT2D eigenvalue weighted by Crippen LogP contribution is 2.12. The Morgan fingerprint density at radius 2 is 1.87 bits per heavy atom. The third-order valence-corrected chi connectivity index (χ3v) is 5.32. The molecule has 1 aromatic carbocycles. The van der Waals surface area contributed by atoms with Gasteiger partial charge in [0.05, 0.1) is 26.0 Å². The molecular weight excluding hydrogens is 491 g/mol. The molecule has 166 valence electrons. The van der Waals surface area contributed by atoms with Gasteiger partial charge in [-0.25, -0.2) is 0 Å². The largest absolute Gasteiger partial charge is 0.379 e. The normalized spacial score (nSPS) is 16.2. The van der Waals surface area contributed by atoms with E-state index in [4.69, 9.17) is 4.74 Å². The summed E-state index contributed by atoms with van der Waals surface area (Å²) in [6, 6.07) is 10.8. The molecule has 0 aliphatic carbocycles. The van der Waals surface area contributed by atoms with Crippen LogP contribution in [0.4, 0.5) is 0 Å². The average molecular weight is 526 g/mol. The Balaban J connectivity index is 0.00000320. The molecule has 1 unspecified atom stereocenters. The van der Waals surface area contributed by atoms with Gasteiger partial charge in [0.25, 0.3) is 0 Å². The summed E-state index contributed by atoms with van der Waals surface area (Å²) >= 11 is 0. The molecule has 8 heteroatoms. The summed E-state index contributed by atoms with van der Waals surface area (Å²) in [7, 11) is 1.81. The second-order valence-electron chi connectivity index (χ2n) is 7.80. The highest BCUT2D eigenvalue weighted by atomic mass is 127. The number of benzene rings is 1. The van der Waals surface area contributed by atoms with Crippen LogP contribution in [0.25, 0.3) is 0 Å². The van der Waals surface area contributed by atoms with E-state index in [1.807, 2.05) is 24.0 Å². The number of hydrogen-bond donors (Lipinski definition) is 2. The van der Waals surface area contributed by atoms with Crippen LogP contribution >= 0.6 is 24.0 Å². The van der Waals surface area contributed by atoms with Gasteiger partial charge in [0.2, 0.25) is 0 Å². The Morgan fingerprint density at radius 3 is 2.53 bits per heavy atom. The van der Waals surface area contributed by atoms with Crippen LogP contribution in [0.15, 0.2) is 47.7 Å².